The van der Waals surface area contributed by atoms with Gasteiger partial charge in [0.1, 0.15) is 29.0 Å². The molecule has 22 nitrogen and oxygen atoms in total. The van der Waals surface area contributed by atoms with E-state index in [2.05, 4.69) is 111 Å². The van der Waals surface area contributed by atoms with Crippen molar-refractivity contribution in [1.82, 2.24) is 29.9 Å². The number of ether oxygens (including phenoxy) is 3. The summed E-state index contributed by atoms with van der Waals surface area (Å²) in [5, 5.41) is 23.5. The zero-order valence-electron chi connectivity index (χ0n) is 58.0. The van der Waals surface area contributed by atoms with Gasteiger partial charge in [-0.15, -0.1) is 0 Å². The van der Waals surface area contributed by atoms with Crippen LogP contribution < -0.4 is 10.6 Å². The van der Waals surface area contributed by atoms with Gasteiger partial charge >= 0.3 is 24.2 Å². The maximum Gasteiger partial charge on any atom is 0.413 e. The summed E-state index contributed by atoms with van der Waals surface area (Å²) in [5.41, 5.74) is 9.31. The fraction of sp³-hybridized carbons (Fsp3) is 0.423. The van der Waals surface area contributed by atoms with Gasteiger partial charge in [0.2, 0.25) is 24.9 Å². The number of halogens is 2. The molecule has 9 aliphatic heterocycles. The molecule has 5 fully saturated rings. The number of benzene rings is 4. The first kappa shape index (κ1) is 73.0. The van der Waals surface area contributed by atoms with Gasteiger partial charge in [0, 0.05) is 83.6 Å². The van der Waals surface area contributed by atoms with Crippen LogP contribution in [-0.2, 0) is 33.6 Å². The van der Waals surface area contributed by atoms with Gasteiger partial charge in [-0.2, -0.15) is 0 Å². The van der Waals surface area contributed by atoms with Crippen LogP contribution in [0.3, 0.4) is 0 Å². The number of aromatic nitrogens is 1. The average molecular weight is 1420 g/mol. The Kier molecular flexibility index (Phi) is 25.3. The predicted molar refractivity (Wildman–Crippen MR) is 389 cm³/mol. The number of carbonyl (C=O) groups is 4. The van der Waals surface area contributed by atoms with Crippen LogP contribution in [0, 0.1) is 90.8 Å². The largest absolute Gasteiger partial charge is 0.449 e. The summed E-state index contributed by atoms with van der Waals surface area (Å²) in [6.45, 7) is 16.6. The second-order valence-corrected chi connectivity index (χ2v) is 27.0. The first-order chi connectivity index (χ1) is 49.6. The molecule has 0 aliphatic carbocycles. The quantitative estimate of drug-likeness (QED) is 0.138. The van der Waals surface area contributed by atoms with Crippen LogP contribution in [0.15, 0.2) is 142 Å². The van der Waals surface area contributed by atoms with Crippen LogP contribution in [0.5, 0.6) is 0 Å². The van der Waals surface area contributed by atoms with Gasteiger partial charge in [-0.1, -0.05) is 132 Å². The van der Waals surface area contributed by atoms with Gasteiger partial charge in [0.25, 0.3) is 0 Å². The van der Waals surface area contributed by atoms with Gasteiger partial charge in [-0.3, -0.25) is 24.6 Å². The molecule has 0 radical (unpaired) electrons. The number of oxime groups is 4. The molecule has 2 N–H and O–H groups in total. The number of likely N-dealkylation sites (tertiary alicyclic amines) is 4. The van der Waals surface area contributed by atoms with E-state index in [4.69, 9.17) is 56.8 Å². The minimum absolute atomic E-state index is 0.0103. The summed E-state index contributed by atoms with van der Waals surface area (Å²) in [4.78, 5) is 82.2. The average Bonchev–Trinajstić information content (AvgIpc) is 1.66. The summed E-state index contributed by atoms with van der Waals surface area (Å²) in [6, 6.07) is 34.2. The van der Waals surface area contributed by atoms with Crippen LogP contribution >= 0.6 is 23.2 Å². The molecule has 0 spiro atoms. The van der Waals surface area contributed by atoms with Crippen molar-refractivity contribution in [3.05, 3.63) is 165 Å². The van der Waals surface area contributed by atoms with Gasteiger partial charge < -0.3 is 44.2 Å². The molecular weight excluding hydrogens is 1340 g/mol. The summed E-state index contributed by atoms with van der Waals surface area (Å²) < 4.78 is 16.2. The molecule has 8 atom stereocenters. The highest BCUT2D eigenvalue weighted by atomic mass is 35.5. The lowest BCUT2D eigenvalue weighted by Gasteiger charge is -2.27. The summed E-state index contributed by atoms with van der Waals surface area (Å²) >= 11 is 11.9. The Hall–Kier alpha value is -10.2. The van der Waals surface area contributed by atoms with Crippen LogP contribution in [0.4, 0.5) is 24.9 Å². The number of hydrogen-bond acceptors (Lipinski definition) is 16. The van der Waals surface area contributed by atoms with Crippen molar-refractivity contribution in [2.75, 3.05) is 51.3 Å². The Balaban J connectivity index is 0.000000137. The van der Waals surface area contributed by atoms with Crippen molar-refractivity contribution in [3.8, 4) is 47.4 Å². The third-order valence-electron chi connectivity index (χ3n) is 18.4. The van der Waals surface area contributed by atoms with Crippen molar-refractivity contribution < 1.29 is 52.7 Å². The monoisotopic (exact) mass is 1420 g/mol. The Bertz CT molecular complexity index is 4230. The number of aryl methyl sites for hydroxylation is 2. The Labute approximate surface area is 605 Å². The van der Waals surface area contributed by atoms with E-state index < -0.39 is 12.5 Å². The minimum atomic E-state index is -0.425. The van der Waals surface area contributed by atoms with Crippen LogP contribution in [0.2, 0.25) is 10.0 Å². The molecule has 9 aliphatic rings. The number of hydrogen-bond donors (Lipinski definition) is 2. The van der Waals surface area contributed by atoms with E-state index in [1.54, 1.807) is 68.4 Å². The molecule has 4 aromatic carbocycles. The molecule has 5 aromatic rings. The zero-order valence-corrected chi connectivity index (χ0v) is 59.5. The molecule has 5 saturated heterocycles. The van der Waals surface area contributed by atoms with E-state index in [1.165, 1.54) is 11.1 Å². The van der Waals surface area contributed by atoms with E-state index in [-0.39, 0.29) is 72.5 Å². The standard InChI is InChI=1S/C20H25N3O2.C20H24N2O3.C19H15ClN4O2.C19H19ClN2O4/c1-4-16(5-2)21-20(24)23-12-11-17-18(22-25-19(17)23)10-9-15-8-6-7-14(3)13-15;1-14(2)10-12-24-20(23)22-11-9-17-18(21-25-19(17)22)8-7-16-6-4-5-15(3)13-16;20-14-4-1-3-13(11-14)6-7-17-16-8-10-24(18(16)26-23-17)19(25)22-15-5-2-9-21-12-15;20-14-3-1-2-13(12-14)4-5-17-16-6-9-22(18(16)26-21-17)19(23)25-15-7-10-24-11-8-15/h6-8,13,16-17,19H,4-5,11-12H2,1-3H3,(H,21,24);4-6,13-14,17,19H,9-12H2,1-3H3;1-5,9,11-12,16,18H,8,10H2,(H,22,25);1-3,12,15-16,18H,6-11H2. The predicted octanol–water partition coefficient (Wildman–Crippen LogP) is 13.2. The maximum atomic E-state index is 12.5. The van der Waals surface area contributed by atoms with Crippen LogP contribution in [-0.4, -0.2) is 155 Å². The zero-order chi connectivity index (χ0) is 71.5. The molecule has 102 heavy (non-hydrogen) atoms. The number of nitrogens with one attached hydrogen (secondary N) is 2. The summed E-state index contributed by atoms with van der Waals surface area (Å²) in [7, 11) is 0. The fourth-order valence-electron chi connectivity index (χ4n) is 12.6. The lowest BCUT2D eigenvalue weighted by atomic mass is 10.0. The Morgan fingerprint density at radius 2 is 0.951 bits per heavy atom. The first-order valence-corrected chi connectivity index (χ1v) is 35.5. The number of amides is 6. The van der Waals surface area contributed by atoms with Gasteiger partial charge in [0.05, 0.1) is 55.4 Å². The molecule has 0 saturated carbocycles. The maximum absolute atomic E-state index is 12.5. The fourth-order valence-corrected chi connectivity index (χ4v) is 13.0. The molecule has 1 aromatic heterocycles. The van der Waals surface area contributed by atoms with Crippen LogP contribution in [0.25, 0.3) is 0 Å². The summed E-state index contributed by atoms with van der Waals surface area (Å²) in [6.07, 6.45) is 8.29. The lowest BCUT2D eigenvalue weighted by Crippen LogP contribution is -2.47. The second kappa shape index (κ2) is 35.4. The van der Waals surface area contributed by atoms with Crippen molar-refractivity contribution in [3.63, 3.8) is 0 Å². The smallest absolute Gasteiger partial charge is 0.413 e. The first-order valence-electron chi connectivity index (χ1n) is 34.8. The molecule has 0 bridgehead atoms. The molecule has 530 valence electrons. The normalized spacial score (nSPS) is 22.0. The molecule has 8 unspecified atom stereocenters. The Morgan fingerprint density at radius 1 is 0.529 bits per heavy atom. The number of urea groups is 2. The van der Waals surface area contributed by atoms with E-state index in [1.807, 2.05) is 86.6 Å². The highest BCUT2D eigenvalue weighted by Crippen LogP contribution is 2.36. The van der Waals surface area contributed by atoms with Gasteiger partial charge in [-0.25, -0.2) is 19.2 Å². The third kappa shape index (κ3) is 19.2. The van der Waals surface area contributed by atoms with Crippen molar-refractivity contribution in [1.29, 1.82) is 0 Å². The van der Waals surface area contributed by atoms with E-state index in [9.17, 15) is 19.2 Å². The molecular formula is C78H83Cl2N11O11. The molecule has 6 amide bonds. The van der Waals surface area contributed by atoms with Crippen LogP contribution in [0.1, 0.15) is 119 Å². The SMILES string of the molecule is CCC(CC)NC(=O)N1CCC2C(C#Cc3cccc(C)c3)=NOC21.Cc1cccc(C#CC2=NOC3C2CCN3C(=O)OCCC(C)C)c1.O=C(Nc1cccnc1)N1CCC2C(C#Cc3cccc(Cl)c3)=NOC21.O=C(OC1CCOCC1)N1CCC2C(C#Cc3cccc(Cl)c3)=NOC21. The third-order valence-corrected chi connectivity index (χ3v) is 18.8. The van der Waals surface area contributed by atoms with E-state index in [0.29, 0.717) is 84.8 Å². The summed E-state index contributed by atoms with van der Waals surface area (Å²) in [5.74, 6) is 25.4. The van der Waals surface area contributed by atoms with E-state index in [0.717, 1.165) is 85.8 Å². The van der Waals surface area contributed by atoms with Crippen molar-refractivity contribution >= 4 is 76.0 Å². The molecule has 10 heterocycles. The Morgan fingerprint density at radius 3 is 1.37 bits per heavy atom. The number of nitrogens with zero attached hydrogens (tertiary/aromatic N) is 9. The van der Waals surface area contributed by atoms with Gasteiger partial charge in [-0.05, 0) is 172 Å². The lowest BCUT2D eigenvalue weighted by molar-refractivity contribution is -0.0490. The van der Waals surface area contributed by atoms with E-state index >= 15 is 0 Å². The molecule has 24 heteroatoms. The second-order valence-electron chi connectivity index (χ2n) is 26.1. The highest BCUT2D eigenvalue weighted by molar-refractivity contribution is 6.31. The number of pyridine rings is 1. The van der Waals surface area contributed by atoms with Crippen molar-refractivity contribution in [2.45, 2.75) is 136 Å². The number of rotatable bonds is 8. The van der Waals surface area contributed by atoms with Gasteiger partial charge in [0.15, 0.2) is 0 Å². The molecule has 14 rings (SSSR count). The number of carbonyl (C=O) groups excluding carboxylic acids is 4. The number of fused-ring (bicyclic) bond motifs is 4. The van der Waals surface area contributed by atoms with Crippen molar-refractivity contribution in [2.24, 2.45) is 50.2 Å². The topological polar surface area (TPSA) is 232 Å². The highest BCUT2D eigenvalue weighted by Gasteiger charge is 2.49. The number of anilines is 1. The minimum Gasteiger partial charge on any atom is -0.449 e.